The second-order valence-electron chi connectivity index (χ2n) is 6.40. The number of ether oxygens (including phenoxy) is 3. The Morgan fingerprint density at radius 2 is 2.10 bits per heavy atom. The molecule has 2 unspecified atom stereocenters. The molecule has 0 bridgehead atoms. The number of carbonyl (C=O) groups is 1. The Morgan fingerprint density at radius 1 is 1.30 bits per heavy atom. The Morgan fingerprint density at radius 3 is 2.65 bits per heavy atom. The van der Waals surface area contributed by atoms with E-state index >= 15 is 0 Å². The van der Waals surface area contributed by atoms with Crippen molar-refractivity contribution >= 4 is 5.97 Å². The van der Waals surface area contributed by atoms with Crippen molar-refractivity contribution < 1.29 is 19.0 Å². The van der Waals surface area contributed by atoms with Crippen molar-refractivity contribution in [3.05, 3.63) is 0 Å². The van der Waals surface area contributed by atoms with Gasteiger partial charge in [0.05, 0.1) is 26.9 Å². The summed E-state index contributed by atoms with van der Waals surface area (Å²) in [7, 11) is 1.47. The number of nitrogens with one attached hydrogen (secondary N) is 1. The summed E-state index contributed by atoms with van der Waals surface area (Å²) in [5, 5.41) is 3.51. The van der Waals surface area contributed by atoms with Crippen molar-refractivity contribution in [3.8, 4) is 0 Å². The van der Waals surface area contributed by atoms with Gasteiger partial charge in [0.2, 0.25) is 0 Å². The van der Waals surface area contributed by atoms with E-state index in [9.17, 15) is 4.79 Å². The van der Waals surface area contributed by atoms with Gasteiger partial charge in [0.15, 0.2) is 0 Å². The molecule has 1 aliphatic heterocycles. The molecular formula is C15H25NO4. The normalized spacial score (nSPS) is 29.1. The van der Waals surface area contributed by atoms with Crippen LogP contribution in [0.25, 0.3) is 0 Å². The Hall–Kier alpha value is -0.650. The van der Waals surface area contributed by atoms with Gasteiger partial charge >= 0.3 is 5.97 Å². The lowest BCUT2D eigenvalue weighted by molar-refractivity contribution is -0.153. The minimum atomic E-state index is -0.616. The highest BCUT2D eigenvalue weighted by molar-refractivity contribution is 5.82. The summed E-state index contributed by atoms with van der Waals surface area (Å²) in [6.45, 7) is 2.72. The summed E-state index contributed by atoms with van der Waals surface area (Å²) in [4.78, 5) is 12.3. The molecule has 2 aliphatic carbocycles. The van der Waals surface area contributed by atoms with Crippen LogP contribution in [0.15, 0.2) is 0 Å². The maximum absolute atomic E-state index is 12.3. The molecular weight excluding hydrogens is 258 g/mol. The minimum Gasteiger partial charge on any atom is -0.468 e. The largest absolute Gasteiger partial charge is 0.468 e. The molecule has 20 heavy (non-hydrogen) atoms. The van der Waals surface area contributed by atoms with Gasteiger partial charge in [0.25, 0.3) is 0 Å². The van der Waals surface area contributed by atoms with E-state index in [1.165, 1.54) is 7.11 Å². The molecule has 1 N–H and O–H groups in total. The highest BCUT2D eigenvalue weighted by Gasteiger charge is 2.54. The second kappa shape index (κ2) is 6.00. The van der Waals surface area contributed by atoms with Crippen molar-refractivity contribution in [1.82, 2.24) is 5.32 Å². The first-order chi connectivity index (χ1) is 9.74. The lowest BCUT2D eigenvalue weighted by Crippen LogP contribution is -2.59. The molecule has 1 saturated heterocycles. The fraction of sp³-hybridized carbons (Fsp3) is 0.933. The molecule has 114 valence electrons. The Labute approximate surface area is 120 Å². The zero-order chi connectivity index (χ0) is 14.0. The van der Waals surface area contributed by atoms with Gasteiger partial charge in [-0.3, -0.25) is 5.32 Å². The third-order valence-electron chi connectivity index (χ3n) is 4.57. The average Bonchev–Trinajstić information content (AvgIpc) is 3.37. The van der Waals surface area contributed by atoms with Crippen molar-refractivity contribution in [2.75, 3.05) is 33.5 Å². The third-order valence-corrected chi connectivity index (χ3v) is 4.57. The summed E-state index contributed by atoms with van der Waals surface area (Å²) in [5.74, 6) is 0.690. The monoisotopic (exact) mass is 283 g/mol. The maximum Gasteiger partial charge on any atom is 0.328 e. The lowest BCUT2D eigenvalue weighted by atomic mass is 9.93. The van der Waals surface area contributed by atoms with Crippen LogP contribution in [0.3, 0.4) is 0 Å². The molecule has 5 heteroatoms. The van der Waals surface area contributed by atoms with Crippen LogP contribution in [-0.4, -0.2) is 51.1 Å². The number of carbonyl (C=O) groups excluding carboxylic acids is 1. The molecule has 3 rings (SSSR count). The number of methoxy groups -OCH3 is 1. The average molecular weight is 283 g/mol. The quantitative estimate of drug-likeness (QED) is 0.676. The molecule has 0 spiro atoms. The molecule has 0 amide bonds. The number of esters is 1. The third kappa shape index (κ3) is 3.15. The van der Waals surface area contributed by atoms with Gasteiger partial charge in [0, 0.05) is 18.6 Å². The van der Waals surface area contributed by atoms with Crippen molar-refractivity contribution in [2.45, 2.75) is 43.7 Å². The molecule has 0 aromatic carbocycles. The summed E-state index contributed by atoms with van der Waals surface area (Å²) in [6, 6.07) is 0.466. The summed E-state index contributed by atoms with van der Waals surface area (Å²) in [6.07, 6.45) is 5.55. The van der Waals surface area contributed by atoms with Gasteiger partial charge in [-0.1, -0.05) is 0 Å². The first-order valence-corrected chi connectivity index (χ1v) is 7.76. The number of rotatable bonds is 8. The molecule has 3 aliphatic rings. The lowest BCUT2D eigenvalue weighted by Gasteiger charge is -2.32. The molecule has 2 atom stereocenters. The van der Waals surface area contributed by atoms with Crippen molar-refractivity contribution in [1.29, 1.82) is 0 Å². The van der Waals surface area contributed by atoms with Crippen LogP contribution in [0.5, 0.6) is 0 Å². The predicted molar refractivity (Wildman–Crippen MR) is 73.4 cm³/mol. The zero-order valence-electron chi connectivity index (χ0n) is 12.2. The molecule has 1 heterocycles. The smallest absolute Gasteiger partial charge is 0.328 e. The van der Waals surface area contributed by atoms with E-state index in [1.807, 2.05) is 0 Å². The predicted octanol–water partition coefficient (Wildman–Crippen LogP) is 1.11. The van der Waals surface area contributed by atoms with Crippen molar-refractivity contribution in [2.24, 2.45) is 11.8 Å². The van der Waals surface area contributed by atoms with Gasteiger partial charge in [-0.05, 0) is 38.0 Å². The van der Waals surface area contributed by atoms with Gasteiger partial charge in [-0.15, -0.1) is 0 Å². The van der Waals surface area contributed by atoms with E-state index in [0.29, 0.717) is 31.1 Å². The molecule has 3 fully saturated rings. The van der Waals surface area contributed by atoms with E-state index < -0.39 is 5.54 Å². The fourth-order valence-electron chi connectivity index (χ4n) is 3.01. The van der Waals surface area contributed by atoms with Gasteiger partial charge in [-0.2, -0.15) is 0 Å². The minimum absolute atomic E-state index is 0.158. The highest BCUT2D eigenvalue weighted by atomic mass is 16.5. The van der Waals surface area contributed by atoms with Crippen LogP contribution >= 0.6 is 0 Å². The molecule has 0 radical (unpaired) electrons. The van der Waals surface area contributed by atoms with Gasteiger partial charge in [-0.25, -0.2) is 4.79 Å². The Bertz CT molecular complexity index is 348. The van der Waals surface area contributed by atoms with Crippen LogP contribution in [0, 0.1) is 11.8 Å². The number of hydrogen-bond acceptors (Lipinski definition) is 5. The summed E-state index contributed by atoms with van der Waals surface area (Å²) >= 11 is 0. The van der Waals surface area contributed by atoms with Gasteiger partial charge < -0.3 is 14.2 Å². The second-order valence-corrected chi connectivity index (χ2v) is 6.40. The van der Waals surface area contributed by atoms with E-state index in [-0.39, 0.29) is 5.97 Å². The van der Waals surface area contributed by atoms with E-state index in [0.717, 1.165) is 45.3 Å². The molecule has 2 saturated carbocycles. The first kappa shape index (κ1) is 14.3. The zero-order valence-corrected chi connectivity index (χ0v) is 12.2. The van der Waals surface area contributed by atoms with Crippen LogP contribution in [0.1, 0.15) is 32.1 Å². The Balaban J connectivity index is 1.59. The number of hydrogen-bond donors (Lipinski definition) is 1. The van der Waals surface area contributed by atoms with Crippen LogP contribution in [0.2, 0.25) is 0 Å². The van der Waals surface area contributed by atoms with E-state index in [1.54, 1.807) is 0 Å². The summed E-state index contributed by atoms with van der Waals surface area (Å²) < 4.78 is 16.3. The SMILES string of the molecule is COC(=O)C(COCC1CCOC1)(NC1CC1)C1CC1. The van der Waals surface area contributed by atoms with Crippen LogP contribution in [0.4, 0.5) is 0 Å². The first-order valence-electron chi connectivity index (χ1n) is 7.76. The fourth-order valence-corrected chi connectivity index (χ4v) is 3.01. The van der Waals surface area contributed by atoms with Crippen LogP contribution < -0.4 is 5.32 Å². The Kier molecular flexibility index (Phi) is 4.29. The van der Waals surface area contributed by atoms with Crippen molar-refractivity contribution in [3.63, 3.8) is 0 Å². The molecule has 0 aromatic rings. The molecule has 5 nitrogen and oxygen atoms in total. The highest BCUT2D eigenvalue weighted by Crippen LogP contribution is 2.42. The van der Waals surface area contributed by atoms with Crippen LogP contribution in [-0.2, 0) is 19.0 Å². The van der Waals surface area contributed by atoms with E-state index in [4.69, 9.17) is 14.2 Å². The van der Waals surface area contributed by atoms with Gasteiger partial charge in [0.1, 0.15) is 5.54 Å². The maximum atomic E-state index is 12.3. The molecule has 0 aromatic heterocycles. The van der Waals surface area contributed by atoms with E-state index in [2.05, 4.69) is 5.32 Å². The standard InChI is InChI=1S/C15H25NO4/c1-18-14(17)15(12-2-3-12,16-13-4-5-13)10-20-9-11-6-7-19-8-11/h11-13,16H,2-10H2,1H3. The summed E-state index contributed by atoms with van der Waals surface area (Å²) in [5.41, 5.74) is -0.616. The topological polar surface area (TPSA) is 56.8 Å².